The number of hydrogen-bond donors (Lipinski definition) is 5. The summed E-state index contributed by atoms with van der Waals surface area (Å²) >= 11 is 0. The van der Waals surface area contributed by atoms with E-state index >= 15 is 0 Å². The lowest BCUT2D eigenvalue weighted by Gasteiger charge is -2.29. The number of rotatable bonds is 15. The Hall–Kier alpha value is -3.71. The van der Waals surface area contributed by atoms with Crippen molar-refractivity contribution in [1.29, 1.82) is 0 Å². The first-order valence-electron chi connectivity index (χ1n) is 13.7. The van der Waals surface area contributed by atoms with Crippen LogP contribution in [0.15, 0.2) is 24.3 Å². The average molecular weight is 595 g/mol. The molecule has 0 aliphatic heterocycles. The summed E-state index contributed by atoms with van der Waals surface area (Å²) in [5.74, 6) is -3.15. The van der Waals surface area contributed by atoms with Gasteiger partial charge in [-0.25, -0.2) is 0 Å². The third-order valence-electron chi connectivity index (χ3n) is 6.00. The fraction of sp³-hybridized carbons (Fsp3) is 0.621. The van der Waals surface area contributed by atoms with Gasteiger partial charge in [0, 0.05) is 27.6 Å². The smallest absolute Gasteiger partial charge is 0.308 e. The molecule has 13 nitrogen and oxygen atoms in total. The molecule has 42 heavy (non-hydrogen) atoms. The minimum absolute atomic E-state index is 0.0603. The topological polar surface area (TPSA) is 181 Å². The molecule has 1 rings (SSSR count). The van der Waals surface area contributed by atoms with Crippen LogP contribution in [-0.4, -0.2) is 85.0 Å². The summed E-state index contributed by atoms with van der Waals surface area (Å²) < 4.78 is 15.8. The number of carbonyl (C=O) groups excluding carboxylic acids is 5. The molecule has 0 aliphatic rings. The summed E-state index contributed by atoms with van der Waals surface area (Å²) in [6.45, 7) is 11.3. The molecule has 0 saturated heterocycles. The zero-order valence-corrected chi connectivity index (χ0v) is 25.9. The molecule has 1 aromatic rings. The Morgan fingerprint density at radius 2 is 1.40 bits per heavy atom. The van der Waals surface area contributed by atoms with Crippen LogP contribution in [0.2, 0.25) is 0 Å². The molecule has 0 bridgehead atoms. The van der Waals surface area contributed by atoms with Crippen molar-refractivity contribution in [2.75, 3.05) is 14.2 Å². The van der Waals surface area contributed by atoms with Crippen molar-refractivity contribution in [2.24, 2.45) is 5.92 Å². The lowest BCUT2D eigenvalue weighted by atomic mass is 10.0. The van der Waals surface area contributed by atoms with Crippen LogP contribution in [0, 0.1) is 5.92 Å². The first-order valence-corrected chi connectivity index (χ1v) is 13.7. The van der Waals surface area contributed by atoms with Crippen molar-refractivity contribution in [3.05, 3.63) is 29.8 Å². The molecule has 0 aromatic heterocycles. The van der Waals surface area contributed by atoms with E-state index in [2.05, 4.69) is 21.3 Å². The predicted molar refractivity (Wildman–Crippen MR) is 154 cm³/mol. The van der Waals surface area contributed by atoms with E-state index in [1.165, 1.54) is 40.2 Å². The van der Waals surface area contributed by atoms with Crippen LogP contribution in [-0.2, 0) is 44.6 Å². The minimum atomic E-state index is -1.06. The van der Waals surface area contributed by atoms with Gasteiger partial charge in [0.2, 0.25) is 23.6 Å². The van der Waals surface area contributed by atoms with Crippen LogP contribution < -0.4 is 21.3 Å². The fourth-order valence-corrected chi connectivity index (χ4v) is 3.99. The fourth-order valence-electron chi connectivity index (χ4n) is 3.99. The Bertz CT molecular complexity index is 1070. The van der Waals surface area contributed by atoms with Gasteiger partial charge in [0.05, 0.1) is 12.5 Å². The van der Waals surface area contributed by atoms with E-state index in [1.807, 2.05) is 0 Å². The molecule has 236 valence electrons. The standard InChI is InChI=1S/C29H46N4O9/c1-16(2)24(33-26(38)21(31-18(4)34)14-19-10-12-20(35)13-11-19)27(39)30-17(3)25(37)32-22(28(40-8)41-9)15-23(36)42-29(5,6)7/h10-13,16-17,21-22,24,28,35H,14-15H2,1-9H3,(H,30,39)(H,31,34)(H,32,37)(H,33,38)/t17-,21+,22-,24+/m0/s1. The average Bonchev–Trinajstić information content (AvgIpc) is 2.86. The highest BCUT2D eigenvalue weighted by Crippen LogP contribution is 2.14. The monoisotopic (exact) mass is 594 g/mol. The molecule has 5 N–H and O–H groups in total. The second-order valence-electron chi connectivity index (χ2n) is 11.3. The van der Waals surface area contributed by atoms with Crippen LogP contribution in [0.3, 0.4) is 0 Å². The molecule has 13 heteroatoms. The van der Waals surface area contributed by atoms with E-state index in [9.17, 15) is 29.1 Å². The van der Waals surface area contributed by atoms with Crippen molar-refractivity contribution >= 4 is 29.6 Å². The molecule has 4 atom stereocenters. The molecule has 0 unspecified atom stereocenters. The van der Waals surface area contributed by atoms with Crippen molar-refractivity contribution in [1.82, 2.24) is 21.3 Å². The molecule has 1 aromatic carbocycles. The summed E-state index contributed by atoms with van der Waals surface area (Å²) in [6.07, 6.45) is -1.09. The van der Waals surface area contributed by atoms with Crippen LogP contribution >= 0.6 is 0 Å². The van der Waals surface area contributed by atoms with Crippen LogP contribution in [0.5, 0.6) is 5.75 Å². The van der Waals surface area contributed by atoms with Gasteiger partial charge in [0.15, 0.2) is 6.29 Å². The highest BCUT2D eigenvalue weighted by atomic mass is 16.7. The molecular formula is C29H46N4O9. The summed E-state index contributed by atoms with van der Waals surface area (Å²) in [5, 5.41) is 20.0. The van der Waals surface area contributed by atoms with Crippen LogP contribution in [0.1, 0.15) is 60.5 Å². The van der Waals surface area contributed by atoms with Gasteiger partial charge in [-0.2, -0.15) is 0 Å². The van der Waals surface area contributed by atoms with Gasteiger partial charge >= 0.3 is 5.97 Å². The third kappa shape index (κ3) is 12.9. The molecule has 0 fully saturated rings. The molecular weight excluding hydrogens is 548 g/mol. The van der Waals surface area contributed by atoms with E-state index in [0.717, 1.165) is 0 Å². The lowest BCUT2D eigenvalue weighted by molar-refractivity contribution is -0.163. The van der Waals surface area contributed by atoms with Gasteiger partial charge in [-0.15, -0.1) is 0 Å². The maximum atomic E-state index is 13.2. The zero-order valence-electron chi connectivity index (χ0n) is 25.9. The third-order valence-corrected chi connectivity index (χ3v) is 6.00. The predicted octanol–water partition coefficient (Wildman–Crippen LogP) is 0.920. The minimum Gasteiger partial charge on any atom is -0.508 e. The lowest BCUT2D eigenvalue weighted by Crippen LogP contribution is -2.59. The summed E-state index contributed by atoms with van der Waals surface area (Å²) in [6, 6.07) is 2.18. The summed E-state index contributed by atoms with van der Waals surface area (Å²) in [4.78, 5) is 63.6. The second-order valence-corrected chi connectivity index (χ2v) is 11.3. The van der Waals surface area contributed by atoms with Gasteiger partial charge < -0.3 is 40.6 Å². The Morgan fingerprint density at radius 1 is 0.833 bits per heavy atom. The van der Waals surface area contributed by atoms with Crippen molar-refractivity contribution in [2.45, 2.75) is 97.4 Å². The normalized spacial score (nSPS) is 14.4. The highest BCUT2D eigenvalue weighted by molar-refractivity contribution is 5.94. The van der Waals surface area contributed by atoms with Gasteiger partial charge in [0.1, 0.15) is 29.5 Å². The van der Waals surface area contributed by atoms with Crippen molar-refractivity contribution in [3.8, 4) is 5.75 Å². The summed E-state index contributed by atoms with van der Waals surface area (Å²) in [5.41, 5.74) is -0.0501. The van der Waals surface area contributed by atoms with E-state index < -0.39 is 65.7 Å². The number of carbonyl (C=O) groups is 5. The molecule has 0 aliphatic carbocycles. The SMILES string of the molecule is COC(OC)[C@H](CC(=O)OC(C)(C)C)NC(=O)[C@H](C)NC(=O)[C@H](NC(=O)[C@@H](Cc1ccc(O)cc1)NC(C)=O)C(C)C. The molecule has 0 heterocycles. The van der Waals surface area contributed by atoms with E-state index in [1.54, 1.807) is 46.8 Å². The number of phenolic OH excluding ortho intramolecular Hbond substituents is 1. The Morgan fingerprint density at radius 3 is 1.88 bits per heavy atom. The first kappa shape index (κ1) is 36.3. The number of aromatic hydroxyl groups is 1. The maximum absolute atomic E-state index is 13.2. The molecule has 4 amide bonds. The number of amides is 4. The quantitative estimate of drug-likeness (QED) is 0.146. The molecule has 0 radical (unpaired) electrons. The molecule has 0 saturated carbocycles. The van der Waals surface area contributed by atoms with Gasteiger partial charge in [-0.05, 0) is 51.3 Å². The van der Waals surface area contributed by atoms with Crippen molar-refractivity contribution in [3.63, 3.8) is 0 Å². The molecule has 0 spiro atoms. The number of esters is 1. The van der Waals surface area contributed by atoms with Crippen LogP contribution in [0.4, 0.5) is 0 Å². The van der Waals surface area contributed by atoms with Gasteiger partial charge in [-0.3, -0.25) is 24.0 Å². The number of benzene rings is 1. The maximum Gasteiger partial charge on any atom is 0.308 e. The van der Waals surface area contributed by atoms with Crippen molar-refractivity contribution < 1.29 is 43.3 Å². The highest BCUT2D eigenvalue weighted by Gasteiger charge is 2.33. The number of phenols is 1. The van der Waals surface area contributed by atoms with Gasteiger partial charge in [-0.1, -0.05) is 26.0 Å². The van der Waals surface area contributed by atoms with E-state index in [0.29, 0.717) is 5.56 Å². The van der Waals surface area contributed by atoms with E-state index in [4.69, 9.17) is 14.2 Å². The van der Waals surface area contributed by atoms with Gasteiger partial charge in [0.25, 0.3) is 0 Å². The number of nitrogens with one attached hydrogen (secondary N) is 4. The Balaban J connectivity index is 2.97. The zero-order chi connectivity index (χ0) is 32.2. The second kappa shape index (κ2) is 16.7. The Labute approximate surface area is 247 Å². The largest absolute Gasteiger partial charge is 0.508 e. The Kier molecular flexibility index (Phi) is 14.4. The number of hydrogen-bond acceptors (Lipinski definition) is 9. The van der Waals surface area contributed by atoms with Crippen LogP contribution in [0.25, 0.3) is 0 Å². The summed E-state index contributed by atoms with van der Waals surface area (Å²) in [7, 11) is 2.72. The first-order chi connectivity index (χ1) is 19.5. The number of ether oxygens (including phenoxy) is 3. The van der Waals surface area contributed by atoms with E-state index in [-0.39, 0.29) is 24.5 Å². The number of methoxy groups -OCH3 is 2.